The van der Waals surface area contributed by atoms with E-state index < -0.39 is 0 Å². The number of aromatic nitrogens is 2. The number of anilines is 1. The Bertz CT molecular complexity index is 691. The fraction of sp³-hybridized carbons (Fsp3) is 0.0769. The standard InChI is InChI=1S/C13H10FN3S/c1-15-12-11-10(6-18-13(11)17-7-16-12)8-2-4-9(14)5-3-8/h2-7H,1H3,(H,15,16,17). The van der Waals surface area contributed by atoms with Crippen molar-refractivity contribution in [2.45, 2.75) is 0 Å². The average Bonchev–Trinajstić information content (AvgIpc) is 2.83. The minimum Gasteiger partial charge on any atom is -0.372 e. The van der Waals surface area contributed by atoms with Crippen LogP contribution >= 0.6 is 11.3 Å². The lowest BCUT2D eigenvalue weighted by molar-refractivity contribution is 0.628. The van der Waals surface area contributed by atoms with Gasteiger partial charge in [-0.1, -0.05) is 12.1 Å². The van der Waals surface area contributed by atoms with Crippen molar-refractivity contribution >= 4 is 27.4 Å². The molecular formula is C13H10FN3S. The number of fused-ring (bicyclic) bond motifs is 1. The lowest BCUT2D eigenvalue weighted by Gasteiger charge is -2.04. The summed E-state index contributed by atoms with van der Waals surface area (Å²) in [6.45, 7) is 0. The second kappa shape index (κ2) is 4.34. The Labute approximate surface area is 107 Å². The zero-order chi connectivity index (χ0) is 12.5. The minimum atomic E-state index is -0.233. The Hall–Kier alpha value is -2.01. The molecule has 3 aromatic rings. The molecule has 2 aromatic heterocycles. The Morgan fingerprint density at radius 2 is 1.94 bits per heavy atom. The van der Waals surface area contributed by atoms with E-state index in [1.54, 1.807) is 29.8 Å². The normalized spacial score (nSPS) is 10.8. The van der Waals surface area contributed by atoms with Gasteiger partial charge in [-0.15, -0.1) is 11.3 Å². The summed E-state index contributed by atoms with van der Waals surface area (Å²) in [4.78, 5) is 9.38. The highest BCUT2D eigenvalue weighted by Crippen LogP contribution is 2.36. The highest BCUT2D eigenvalue weighted by molar-refractivity contribution is 7.17. The summed E-state index contributed by atoms with van der Waals surface area (Å²) in [5.74, 6) is 0.559. The van der Waals surface area contributed by atoms with E-state index in [0.717, 1.165) is 27.2 Å². The van der Waals surface area contributed by atoms with Gasteiger partial charge < -0.3 is 5.32 Å². The Kier molecular flexibility index (Phi) is 2.68. The lowest BCUT2D eigenvalue weighted by atomic mass is 10.1. The molecule has 0 aliphatic heterocycles. The molecule has 5 heteroatoms. The van der Waals surface area contributed by atoms with Crippen molar-refractivity contribution in [2.24, 2.45) is 0 Å². The number of nitrogens with one attached hydrogen (secondary N) is 1. The molecule has 0 unspecified atom stereocenters. The molecule has 1 aromatic carbocycles. The van der Waals surface area contributed by atoms with Crippen LogP contribution < -0.4 is 5.32 Å². The first-order chi connectivity index (χ1) is 8.79. The fourth-order valence-corrected chi connectivity index (χ4v) is 2.82. The first kappa shape index (κ1) is 11.1. The second-order valence-electron chi connectivity index (χ2n) is 3.81. The largest absolute Gasteiger partial charge is 0.372 e. The fourth-order valence-electron chi connectivity index (χ4n) is 1.91. The van der Waals surface area contributed by atoms with Crippen molar-refractivity contribution in [1.82, 2.24) is 9.97 Å². The number of thiophene rings is 1. The predicted molar refractivity (Wildman–Crippen MR) is 72.4 cm³/mol. The van der Waals surface area contributed by atoms with Crippen LogP contribution in [0, 0.1) is 5.82 Å². The molecule has 0 aliphatic rings. The van der Waals surface area contributed by atoms with E-state index in [-0.39, 0.29) is 5.82 Å². The van der Waals surface area contributed by atoms with Gasteiger partial charge in [-0.05, 0) is 17.7 Å². The van der Waals surface area contributed by atoms with Crippen LogP contribution in [0.15, 0.2) is 36.0 Å². The Balaban J connectivity index is 2.26. The molecule has 3 rings (SSSR count). The van der Waals surface area contributed by atoms with E-state index in [1.165, 1.54) is 12.1 Å². The molecule has 0 radical (unpaired) electrons. The molecule has 18 heavy (non-hydrogen) atoms. The van der Waals surface area contributed by atoms with Gasteiger partial charge >= 0.3 is 0 Å². The smallest absolute Gasteiger partial charge is 0.138 e. The maximum Gasteiger partial charge on any atom is 0.138 e. The molecule has 0 spiro atoms. The van der Waals surface area contributed by atoms with Crippen LogP contribution in [0.2, 0.25) is 0 Å². The maximum absolute atomic E-state index is 13.0. The van der Waals surface area contributed by atoms with Gasteiger partial charge in [0.05, 0.1) is 5.39 Å². The van der Waals surface area contributed by atoms with E-state index >= 15 is 0 Å². The SMILES string of the molecule is CNc1ncnc2scc(-c3ccc(F)cc3)c12. The van der Waals surface area contributed by atoms with Crippen molar-refractivity contribution in [3.8, 4) is 11.1 Å². The van der Waals surface area contributed by atoms with Crippen LogP contribution in [-0.2, 0) is 0 Å². The van der Waals surface area contributed by atoms with Gasteiger partial charge in [0.25, 0.3) is 0 Å². The minimum absolute atomic E-state index is 0.233. The summed E-state index contributed by atoms with van der Waals surface area (Å²) in [5, 5.41) is 6.06. The van der Waals surface area contributed by atoms with Crippen molar-refractivity contribution in [2.75, 3.05) is 12.4 Å². The summed E-state index contributed by atoms with van der Waals surface area (Å²) < 4.78 is 13.0. The summed E-state index contributed by atoms with van der Waals surface area (Å²) in [6, 6.07) is 6.45. The van der Waals surface area contributed by atoms with Crippen molar-refractivity contribution in [3.63, 3.8) is 0 Å². The van der Waals surface area contributed by atoms with E-state index in [9.17, 15) is 4.39 Å². The van der Waals surface area contributed by atoms with Crippen LogP contribution in [0.3, 0.4) is 0 Å². The van der Waals surface area contributed by atoms with Gasteiger partial charge in [-0.25, -0.2) is 14.4 Å². The van der Waals surface area contributed by atoms with Crippen LogP contribution in [0.4, 0.5) is 10.2 Å². The number of hydrogen-bond donors (Lipinski definition) is 1. The third-order valence-corrected chi connectivity index (χ3v) is 3.65. The molecule has 0 aliphatic carbocycles. The van der Waals surface area contributed by atoms with Gasteiger partial charge in [-0.3, -0.25) is 0 Å². The molecule has 0 fully saturated rings. The summed E-state index contributed by atoms with van der Waals surface area (Å²) in [7, 11) is 1.83. The van der Waals surface area contributed by atoms with E-state index in [4.69, 9.17) is 0 Å². The topological polar surface area (TPSA) is 37.8 Å². The van der Waals surface area contributed by atoms with Gasteiger partial charge in [0.1, 0.15) is 22.8 Å². The third-order valence-electron chi connectivity index (χ3n) is 2.76. The molecule has 90 valence electrons. The average molecular weight is 259 g/mol. The third kappa shape index (κ3) is 1.73. The lowest BCUT2D eigenvalue weighted by Crippen LogP contribution is -1.93. The van der Waals surface area contributed by atoms with E-state index in [2.05, 4.69) is 15.3 Å². The molecule has 1 N–H and O–H groups in total. The van der Waals surface area contributed by atoms with Gasteiger partial charge in [0.15, 0.2) is 0 Å². The monoisotopic (exact) mass is 259 g/mol. The summed E-state index contributed by atoms with van der Waals surface area (Å²) in [6.07, 6.45) is 1.54. The Morgan fingerprint density at radius 3 is 2.67 bits per heavy atom. The molecule has 0 saturated carbocycles. The zero-order valence-electron chi connectivity index (χ0n) is 9.64. The molecule has 0 bridgehead atoms. The molecule has 0 amide bonds. The highest BCUT2D eigenvalue weighted by Gasteiger charge is 2.11. The van der Waals surface area contributed by atoms with Crippen molar-refractivity contribution in [3.05, 3.63) is 41.8 Å². The number of halogens is 1. The molecular weight excluding hydrogens is 249 g/mol. The first-order valence-corrected chi connectivity index (χ1v) is 6.33. The summed E-state index contributed by atoms with van der Waals surface area (Å²) in [5.41, 5.74) is 1.99. The predicted octanol–water partition coefficient (Wildman–Crippen LogP) is 3.54. The van der Waals surface area contributed by atoms with Gasteiger partial charge in [-0.2, -0.15) is 0 Å². The van der Waals surface area contributed by atoms with Gasteiger partial charge in [0, 0.05) is 18.0 Å². The second-order valence-corrected chi connectivity index (χ2v) is 4.67. The van der Waals surface area contributed by atoms with Crippen molar-refractivity contribution < 1.29 is 4.39 Å². The zero-order valence-corrected chi connectivity index (χ0v) is 10.5. The van der Waals surface area contributed by atoms with Crippen molar-refractivity contribution in [1.29, 1.82) is 0 Å². The molecule has 0 atom stereocenters. The van der Waals surface area contributed by atoms with Crippen LogP contribution in [0.1, 0.15) is 0 Å². The Morgan fingerprint density at radius 1 is 1.17 bits per heavy atom. The number of rotatable bonds is 2. The quantitative estimate of drug-likeness (QED) is 0.765. The van der Waals surface area contributed by atoms with Gasteiger partial charge in [0.2, 0.25) is 0 Å². The number of hydrogen-bond acceptors (Lipinski definition) is 4. The molecule has 2 heterocycles. The molecule has 3 nitrogen and oxygen atoms in total. The first-order valence-electron chi connectivity index (χ1n) is 5.45. The maximum atomic E-state index is 13.0. The van der Waals surface area contributed by atoms with Crippen LogP contribution in [-0.4, -0.2) is 17.0 Å². The van der Waals surface area contributed by atoms with Crippen LogP contribution in [0.25, 0.3) is 21.3 Å². The van der Waals surface area contributed by atoms with E-state index in [1.807, 2.05) is 12.4 Å². The number of benzene rings is 1. The molecule has 0 saturated heterocycles. The van der Waals surface area contributed by atoms with Crippen LogP contribution in [0.5, 0.6) is 0 Å². The highest BCUT2D eigenvalue weighted by atomic mass is 32.1. The van der Waals surface area contributed by atoms with E-state index in [0.29, 0.717) is 0 Å². The number of nitrogens with zero attached hydrogens (tertiary/aromatic N) is 2. The summed E-state index contributed by atoms with van der Waals surface area (Å²) >= 11 is 1.56.